The van der Waals surface area contributed by atoms with Crippen molar-refractivity contribution in [1.82, 2.24) is 20.2 Å². The molecule has 1 N–H and O–H groups in total. The lowest BCUT2D eigenvalue weighted by Gasteiger charge is -2.05. The third kappa shape index (κ3) is 3.32. The van der Waals surface area contributed by atoms with Gasteiger partial charge in [0.15, 0.2) is 0 Å². The Morgan fingerprint density at radius 1 is 1.39 bits per heavy atom. The van der Waals surface area contributed by atoms with E-state index in [4.69, 9.17) is 0 Å². The van der Waals surface area contributed by atoms with Crippen LogP contribution >= 0.6 is 11.3 Å². The van der Waals surface area contributed by atoms with Gasteiger partial charge in [-0.2, -0.15) is 0 Å². The fraction of sp³-hybridized carbons (Fsp3) is 0.154. The van der Waals surface area contributed by atoms with E-state index in [1.807, 2.05) is 0 Å². The Balaban J connectivity index is 2.02. The van der Waals surface area contributed by atoms with E-state index in [0.29, 0.717) is 27.2 Å². The molecule has 0 aliphatic heterocycles. The number of nitrogens with one attached hydrogen (secondary N) is 1. The number of nitro groups is 1. The molecule has 10 heteroatoms. The zero-order chi connectivity index (χ0) is 16.4. The lowest BCUT2D eigenvalue weighted by atomic mass is 10.0. The van der Waals surface area contributed by atoms with Crippen LogP contribution in [0.3, 0.4) is 0 Å². The number of nitro benzene ring substituents is 1. The van der Waals surface area contributed by atoms with Gasteiger partial charge in [-0.05, 0) is 11.6 Å². The minimum Gasteiger partial charge on any atom is -0.345 e. The Morgan fingerprint density at radius 3 is 2.83 bits per heavy atom. The maximum atomic E-state index is 11.4. The Hall–Kier alpha value is -2.46. The number of benzene rings is 1. The van der Waals surface area contributed by atoms with E-state index >= 15 is 0 Å². The van der Waals surface area contributed by atoms with Crippen LogP contribution in [0.4, 0.5) is 5.69 Å². The first kappa shape index (κ1) is 15.4. The molecule has 3 rings (SSSR count). The van der Waals surface area contributed by atoms with Crippen molar-refractivity contribution >= 4 is 27.8 Å². The summed E-state index contributed by atoms with van der Waals surface area (Å²) in [5.41, 5.74) is 1.47. The normalized spacial score (nSPS) is 12.2. The molecule has 0 aliphatic rings. The van der Waals surface area contributed by atoms with Crippen molar-refractivity contribution in [1.29, 1.82) is 0 Å². The highest BCUT2D eigenvalue weighted by Crippen LogP contribution is 2.28. The van der Waals surface area contributed by atoms with E-state index in [1.54, 1.807) is 18.5 Å². The van der Waals surface area contributed by atoms with Gasteiger partial charge in [0.25, 0.3) is 5.69 Å². The highest BCUT2D eigenvalue weighted by molar-refractivity contribution is 7.86. The largest absolute Gasteiger partial charge is 0.345 e. The molecule has 0 radical (unpaired) electrons. The predicted octanol–water partition coefficient (Wildman–Crippen LogP) is 2.16. The van der Waals surface area contributed by atoms with Crippen molar-refractivity contribution in [3.8, 4) is 11.4 Å². The Kier molecular flexibility index (Phi) is 4.26. The molecule has 0 amide bonds. The van der Waals surface area contributed by atoms with Gasteiger partial charge in [0.2, 0.25) is 4.34 Å². The van der Waals surface area contributed by atoms with Gasteiger partial charge in [-0.1, -0.05) is 11.3 Å². The second-order valence-corrected chi connectivity index (χ2v) is 7.24. The molecule has 23 heavy (non-hydrogen) atoms. The van der Waals surface area contributed by atoms with Crippen LogP contribution in [-0.4, -0.2) is 35.6 Å². The predicted molar refractivity (Wildman–Crippen MR) is 85.7 cm³/mol. The van der Waals surface area contributed by atoms with Gasteiger partial charge < -0.3 is 4.98 Å². The number of hydrogen-bond acceptors (Lipinski definition) is 7. The second kappa shape index (κ2) is 6.34. The van der Waals surface area contributed by atoms with Gasteiger partial charge in [0, 0.05) is 42.8 Å². The van der Waals surface area contributed by atoms with Gasteiger partial charge >= 0.3 is 0 Å². The monoisotopic (exact) mass is 349 g/mol. The van der Waals surface area contributed by atoms with E-state index < -0.39 is 15.7 Å². The Bertz CT molecular complexity index is 876. The number of nitrogens with zero attached hydrogens (tertiary/aromatic N) is 4. The SMILES string of the molecule is CS(=O)c1nnc(Cc2cc([N+](=O)[O-])ccc2-c2ncc[nH]2)s1. The van der Waals surface area contributed by atoms with Gasteiger partial charge in [0.1, 0.15) is 10.8 Å². The molecule has 0 bridgehead atoms. The summed E-state index contributed by atoms with van der Waals surface area (Å²) in [6.07, 6.45) is 5.19. The number of H-pyrrole nitrogens is 1. The van der Waals surface area contributed by atoms with Crippen molar-refractivity contribution in [2.45, 2.75) is 10.8 Å². The molecule has 1 aromatic carbocycles. The van der Waals surface area contributed by atoms with Crippen LogP contribution in [0.5, 0.6) is 0 Å². The number of non-ortho nitro benzene ring substituents is 1. The molecule has 118 valence electrons. The zero-order valence-corrected chi connectivity index (χ0v) is 13.6. The summed E-state index contributed by atoms with van der Waals surface area (Å²) in [7, 11) is -1.19. The molecule has 0 fully saturated rings. The van der Waals surface area contributed by atoms with Crippen molar-refractivity contribution in [2.75, 3.05) is 6.26 Å². The number of aromatic amines is 1. The van der Waals surface area contributed by atoms with Crippen molar-refractivity contribution in [3.63, 3.8) is 0 Å². The first-order valence-electron chi connectivity index (χ1n) is 6.47. The van der Waals surface area contributed by atoms with E-state index in [0.717, 1.165) is 5.56 Å². The van der Waals surface area contributed by atoms with Crippen LogP contribution in [0.25, 0.3) is 11.4 Å². The van der Waals surface area contributed by atoms with Crippen molar-refractivity contribution in [2.24, 2.45) is 0 Å². The highest BCUT2D eigenvalue weighted by Gasteiger charge is 2.16. The molecule has 1 atom stereocenters. The summed E-state index contributed by atoms with van der Waals surface area (Å²) in [5.74, 6) is 0.624. The molecule has 1 unspecified atom stereocenters. The maximum Gasteiger partial charge on any atom is 0.269 e. The third-order valence-electron chi connectivity index (χ3n) is 3.09. The minimum absolute atomic E-state index is 0.000821. The number of hydrogen-bond donors (Lipinski definition) is 1. The molecule has 2 heterocycles. The smallest absolute Gasteiger partial charge is 0.269 e. The first-order chi connectivity index (χ1) is 11.0. The molecular formula is C13H11N5O3S2. The quantitative estimate of drug-likeness (QED) is 0.557. The summed E-state index contributed by atoms with van der Waals surface area (Å²) in [6, 6.07) is 4.60. The zero-order valence-electron chi connectivity index (χ0n) is 11.9. The van der Waals surface area contributed by atoms with Crippen molar-refractivity contribution < 1.29 is 9.13 Å². The average molecular weight is 349 g/mol. The molecular weight excluding hydrogens is 338 g/mol. The standard InChI is InChI=1S/C13H11N5O3S2/c1-23(21)13-17-16-11(22-13)7-8-6-9(18(19)20)2-3-10(8)12-14-4-5-15-12/h2-6H,7H2,1H3,(H,14,15). The maximum absolute atomic E-state index is 11.4. The molecule has 2 aromatic heterocycles. The molecule has 8 nitrogen and oxygen atoms in total. The van der Waals surface area contributed by atoms with E-state index in [9.17, 15) is 14.3 Å². The number of rotatable bonds is 5. The fourth-order valence-electron chi connectivity index (χ4n) is 2.07. The van der Waals surface area contributed by atoms with E-state index in [1.165, 1.54) is 29.7 Å². The Labute approximate surface area is 137 Å². The summed E-state index contributed by atoms with van der Waals surface area (Å²) in [4.78, 5) is 17.8. The van der Waals surface area contributed by atoms with Crippen LogP contribution in [0.2, 0.25) is 0 Å². The fourth-order valence-corrected chi connectivity index (χ4v) is 3.58. The van der Waals surface area contributed by atoms with E-state index in [-0.39, 0.29) is 5.69 Å². The Morgan fingerprint density at radius 2 is 2.22 bits per heavy atom. The molecule has 0 saturated carbocycles. The van der Waals surface area contributed by atoms with E-state index in [2.05, 4.69) is 20.2 Å². The van der Waals surface area contributed by atoms with Crippen LogP contribution in [0.15, 0.2) is 34.9 Å². The van der Waals surface area contributed by atoms with Gasteiger partial charge in [-0.3, -0.25) is 14.3 Å². The summed E-state index contributed by atoms with van der Waals surface area (Å²) in [5, 5.41) is 19.5. The average Bonchev–Trinajstić information content (AvgIpc) is 3.18. The topological polar surface area (TPSA) is 115 Å². The minimum atomic E-state index is -1.19. The number of imidazole rings is 1. The third-order valence-corrected chi connectivity index (χ3v) is 5.33. The van der Waals surface area contributed by atoms with Gasteiger partial charge in [-0.15, -0.1) is 10.2 Å². The van der Waals surface area contributed by atoms with Crippen molar-refractivity contribution in [3.05, 3.63) is 51.3 Å². The van der Waals surface area contributed by atoms with Crippen LogP contribution in [-0.2, 0) is 17.2 Å². The summed E-state index contributed by atoms with van der Waals surface area (Å²) < 4.78 is 11.9. The van der Waals surface area contributed by atoms with Crippen LogP contribution in [0, 0.1) is 10.1 Å². The lowest BCUT2D eigenvalue weighted by molar-refractivity contribution is -0.384. The lowest BCUT2D eigenvalue weighted by Crippen LogP contribution is -1.96. The molecule has 3 aromatic rings. The summed E-state index contributed by atoms with van der Waals surface area (Å²) in [6.45, 7) is 0. The van der Waals surface area contributed by atoms with Crippen LogP contribution in [0.1, 0.15) is 10.6 Å². The van der Waals surface area contributed by atoms with Gasteiger partial charge in [-0.25, -0.2) is 4.98 Å². The number of aromatic nitrogens is 4. The second-order valence-electron chi connectivity index (χ2n) is 4.63. The molecule has 0 aliphatic carbocycles. The van der Waals surface area contributed by atoms with Gasteiger partial charge in [0.05, 0.1) is 15.7 Å². The molecule has 0 saturated heterocycles. The molecule has 0 spiro atoms. The van der Waals surface area contributed by atoms with Crippen LogP contribution < -0.4 is 0 Å². The first-order valence-corrected chi connectivity index (χ1v) is 8.85. The highest BCUT2D eigenvalue weighted by atomic mass is 32.2. The summed E-state index contributed by atoms with van der Waals surface area (Å²) >= 11 is 1.23.